The van der Waals surface area contributed by atoms with E-state index in [1.807, 2.05) is 0 Å². The molecule has 0 spiro atoms. The maximum atomic E-state index is 9.83. The van der Waals surface area contributed by atoms with Crippen molar-refractivity contribution in [1.29, 1.82) is 0 Å². The monoisotopic (exact) mass is 374 g/mol. The van der Waals surface area contributed by atoms with Crippen molar-refractivity contribution in [3.63, 3.8) is 0 Å². The van der Waals surface area contributed by atoms with Crippen LogP contribution in [0.3, 0.4) is 0 Å². The molecule has 0 aliphatic heterocycles. The van der Waals surface area contributed by atoms with E-state index in [2.05, 4.69) is 9.05 Å². The van der Waals surface area contributed by atoms with E-state index in [4.69, 9.17) is 10.2 Å². The molecule has 0 aromatic carbocycles. The molecule has 0 amide bonds. The van der Waals surface area contributed by atoms with Crippen LogP contribution in [0.5, 0.6) is 0 Å². The molecule has 11 heteroatoms. The molecule has 0 radical (unpaired) electrons. The fraction of sp³-hybridized carbons (Fsp3) is 1.00. The minimum atomic E-state index is -3.01. The zero-order valence-electron chi connectivity index (χ0n) is 12.4. The molecular weight excluding hydrogens is 350 g/mol. The van der Waals surface area contributed by atoms with Crippen LogP contribution in [0.15, 0.2) is 0 Å². The normalized spacial score (nSPS) is 15.9. The quantitative estimate of drug-likeness (QED) is 0.295. The van der Waals surface area contributed by atoms with Gasteiger partial charge in [0.1, 0.15) is 16.5 Å². The predicted octanol–water partition coefficient (Wildman–Crippen LogP) is -0.553. The Morgan fingerprint density at radius 1 is 0.905 bits per heavy atom. The summed E-state index contributed by atoms with van der Waals surface area (Å²) in [5, 5.41) is 17.4. The smallest absolute Gasteiger partial charge is 0.781 e. The summed E-state index contributed by atoms with van der Waals surface area (Å²) >= 11 is 0. The van der Waals surface area contributed by atoms with E-state index < -0.39 is 16.5 Å². The van der Waals surface area contributed by atoms with Crippen LogP contribution in [-0.2, 0) is 18.2 Å². The molecule has 0 bridgehead atoms. The van der Waals surface area contributed by atoms with Gasteiger partial charge < -0.3 is 38.2 Å². The van der Waals surface area contributed by atoms with Gasteiger partial charge in [-0.15, -0.1) is 0 Å². The Balaban J connectivity index is -0.000000295. The molecule has 0 saturated carbocycles. The van der Waals surface area contributed by atoms with Crippen LogP contribution >= 0.6 is 16.5 Å². The minimum Gasteiger partial charge on any atom is -0.781 e. The zero-order valence-corrected chi connectivity index (χ0v) is 16.7. The molecule has 0 aromatic heterocycles. The summed E-state index contributed by atoms with van der Waals surface area (Å²) in [7, 11) is -6.03. The van der Waals surface area contributed by atoms with E-state index in [0.29, 0.717) is 25.7 Å². The maximum Gasteiger partial charge on any atom is 2.00 e. The van der Waals surface area contributed by atoms with E-state index in [1.165, 1.54) is 0 Å². The number of rotatable bonds is 10. The molecule has 4 unspecified atom stereocenters. The van der Waals surface area contributed by atoms with Gasteiger partial charge in [0.05, 0.1) is 25.4 Å². The third-order valence-corrected chi connectivity index (χ3v) is 2.85. The minimum absolute atomic E-state index is 0. The van der Waals surface area contributed by atoms with Crippen molar-refractivity contribution in [2.75, 3.05) is 13.2 Å². The van der Waals surface area contributed by atoms with Gasteiger partial charge in [0.2, 0.25) is 0 Å². The Morgan fingerprint density at radius 3 is 1.38 bits per heavy atom. The first kappa shape index (κ1) is 27.3. The summed E-state index contributed by atoms with van der Waals surface area (Å²) in [6.45, 7) is 3.68. The Kier molecular flexibility index (Phi) is 25.4. The van der Waals surface area contributed by atoms with Crippen molar-refractivity contribution in [3.05, 3.63) is 0 Å². The van der Waals surface area contributed by atoms with E-state index in [-0.39, 0.29) is 63.2 Å². The van der Waals surface area contributed by atoms with Crippen molar-refractivity contribution in [1.82, 2.24) is 0 Å². The zero-order chi connectivity index (χ0) is 16.0. The number of hydrogen-bond acceptors (Lipinski definition) is 8. The molecule has 124 valence electrons. The Hall–Kier alpha value is 1.48. The van der Waals surface area contributed by atoms with Crippen molar-refractivity contribution in [3.8, 4) is 0 Å². The fourth-order valence-electron chi connectivity index (χ4n) is 1.07. The first-order valence-electron chi connectivity index (χ1n) is 6.29. The molecule has 0 aliphatic rings. The van der Waals surface area contributed by atoms with Gasteiger partial charge in [-0.25, -0.2) is 0 Å². The SMILES string of the molecule is CC(O)CCCO[PH](=O)[O-].CC(O)CCCO[PH](=O)[O-].[Ca+2]. The molecule has 0 saturated heterocycles. The fourth-order valence-corrected chi connectivity index (χ4v) is 1.69. The van der Waals surface area contributed by atoms with Gasteiger partial charge in [-0.1, -0.05) is 0 Å². The van der Waals surface area contributed by atoms with Gasteiger partial charge >= 0.3 is 37.7 Å². The van der Waals surface area contributed by atoms with Crippen LogP contribution < -0.4 is 9.79 Å². The van der Waals surface area contributed by atoms with Gasteiger partial charge in [-0.05, 0) is 39.5 Å². The Labute approximate surface area is 156 Å². The average Bonchev–Trinajstić information content (AvgIpc) is 2.30. The molecular formula is C10H24CaO8P2. The molecule has 4 atom stereocenters. The standard InChI is InChI=1S/2C5H13O4P.Ca/c2*1-5(6)3-2-4-9-10(7)8;/h2*5-6,10H,2-4H2,1H3,(H,7,8);/q;;+2/p-2. The van der Waals surface area contributed by atoms with Crippen molar-refractivity contribution >= 4 is 54.2 Å². The number of hydrogen-bond donors (Lipinski definition) is 2. The van der Waals surface area contributed by atoms with Gasteiger partial charge in [-0.2, -0.15) is 0 Å². The molecule has 0 rings (SSSR count). The van der Waals surface area contributed by atoms with Crippen LogP contribution in [0, 0.1) is 0 Å². The molecule has 0 fully saturated rings. The van der Waals surface area contributed by atoms with E-state index in [1.54, 1.807) is 13.8 Å². The second-order valence-corrected chi connectivity index (χ2v) is 5.76. The Morgan fingerprint density at radius 2 is 1.19 bits per heavy atom. The summed E-state index contributed by atoms with van der Waals surface area (Å²) in [5.74, 6) is 0. The average molecular weight is 374 g/mol. The summed E-state index contributed by atoms with van der Waals surface area (Å²) in [5.41, 5.74) is 0. The second kappa shape index (κ2) is 19.5. The molecule has 0 heterocycles. The van der Waals surface area contributed by atoms with Crippen LogP contribution in [0.25, 0.3) is 0 Å². The van der Waals surface area contributed by atoms with Gasteiger partial charge in [-0.3, -0.25) is 0 Å². The molecule has 0 aromatic rings. The van der Waals surface area contributed by atoms with Crippen LogP contribution in [0.2, 0.25) is 0 Å². The van der Waals surface area contributed by atoms with Crippen molar-refractivity contribution in [2.24, 2.45) is 0 Å². The second-order valence-electron chi connectivity index (χ2n) is 4.18. The van der Waals surface area contributed by atoms with E-state index >= 15 is 0 Å². The largest absolute Gasteiger partial charge is 2.00 e. The number of aliphatic hydroxyl groups is 2. The topological polar surface area (TPSA) is 139 Å². The number of aliphatic hydroxyl groups excluding tert-OH is 2. The molecule has 21 heavy (non-hydrogen) atoms. The first-order chi connectivity index (χ1) is 9.25. The predicted molar refractivity (Wildman–Crippen MR) is 77.5 cm³/mol. The molecule has 0 aliphatic carbocycles. The summed E-state index contributed by atoms with van der Waals surface area (Å²) in [6, 6.07) is 0. The van der Waals surface area contributed by atoms with Gasteiger partial charge in [0, 0.05) is 0 Å². The van der Waals surface area contributed by atoms with Crippen LogP contribution in [0.4, 0.5) is 0 Å². The van der Waals surface area contributed by atoms with Gasteiger partial charge in [0.25, 0.3) is 0 Å². The maximum absolute atomic E-state index is 9.83. The van der Waals surface area contributed by atoms with Crippen molar-refractivity contribution in [2.45, 2.75) is 51.7 Å². The molecule has 2 N–H and O–H groups in total. The summed E-state index contributed by atoms with van der Waals surface area (Å²) in [4.78, 5) is 19.7. The van der Waals surface area contributed by atoms with Crippen LogP contribution in [0.1, 0.15) is 39.5 Å². The summed E-state index contributed by atoms with van der Waals surface area (Å²) in [6.07, 6.45) is 1.56. The van der Waals surface area contributed by atoms with Gasteiger partial charge in [0.15, 0.2) is 0 Å². The third kappa shape index (κ3) is 34.0. The first-order valence-corrected chi connectivity index (χ1v) is 8.74. The van der Waals surface area contributed by atoms with E-state index in [9.17, 15) is 18.9 Å². The third-order valence-electron chi connectivity index (χ3n) is 1.97. The Bertz CT molecular complexity index is 239. The molecule has 8 nitrogen and oxygen atoms in total. The van der Waals surface area contributed by atoms with Crippen molar-refractivity contribution < 1.29 is 38.2 Å². The summed E-state index contributed by atoms with van der Waals surface area (Å²) < 4.78 is 28.2. The van der Waals surface area contributed by atoms with Crippen LogP contribution in [-0.4, -0.2) is 73.4 Å². The van der Waals surface area contributed by atoms with E-state index in [0.717, 1.165) is 0 Å².